The number of ether oxygens (including phenoxy) is 2. The number of benzene rings is 2. The molecule has 3 rings (SSSR count). The van der Waals surface area contributed by atoms with Gasteiger partial charge < -0.3 is 14.8 Å². The van der Waals surface area contributed by atoms with Crippen molar-refractivity contribution >= 4 is 39.1 Å². The second kappa shape index (κ2) is 9.85. The van der Waals surface area contributed by atoms with Crippen LogP contribution in [0.25, 0.3) is 0 Å². The van der Waals surface area contributed by atoms with E-state index in [0.717, 1.165) is 11.8 Å². The van der Waals surface area contributed by atoms with Crippen molar-refractivity contribution in [1.82, 2.24) is 10.0 Å². The summed E-state index contributed by atoms with van der Waals surface area (Å²) in [6, 6.07) is 13.0. The zero-order valence-corrected chi connectivity index (χ0v) is 19.4. The maximum atomic E-state index is 13.0. The highest BCUT2D eigenvalue weighted by atomic mass is 35.5. The molecule has 0 radical (unpaired) electrons. The monoisotopic (exact) mass is 486 g/mol. The molecule has 2 aromatic carbocycles. The van der Waals surface area contributed by atoms with Crippen LogP contribution in [0, 0.1) is 0 Å². The Bertz CT molecular complexity index is 1040. The van der Waals surface area contributed by atoms with Gasteiger partial charge in [-0.25, -0.2) is 13.1 Å². The zero-order valence-electron chi connectivity index (χ0n) is 17.1. The molecule has 7 nitrogen and oxygen atoms in total. The molecule has 0 bridgehead atoms. The van der Waals surface area contributed by atoms with Crippen LogP contribution in [-0.4, -0.2) is 45.9 Å². The number of hydrogen-bond acceptors (Lipinski definition) is 5. The molecule has 168 valence electrons. The van der Waals surface area contributed by atoms with Crippen molar-refractivity contribution in [2.45, 2.75) is 31.3 Å². The van der Waals surface area contributed by atoms with Crippen molar-refractivity contribution < 1.29 is 22.7 Å². The van der Waals surface area contributed by atoms with Gasteiger partial charge in [0.15, 0.2) is 0 Å². The molecule has 1 aliphatic heterocycles. The zero-order chi connectivity index (χ0) is 22.6. The Kier molecular flexibility index (Phi) is 7.62. The highest BCUT2D eigenvalue weighted by Gasteiger charge is 2.44. The Balaban J connectivity index is 1.81. The third-order valence-electron chi connectivity index (χ3n) is 4.74. The van der Waals surface area contributed by atoms with Gasteiger partial charge in [-0.3, -0.25) is 4.79 Å². The Hall–Kier alpha value is -1.68. The summed E-state index contributed by atoms with van der Waals surface area (Å²) >= 11 is 12.4. The van der Waals surface area contributed by atoms with E-state index in [1.807, 2.05) is 37.3 Å². The molecule has 0 aromatic heterocycles. The van der Waals surface area contributed by atoms with E-state index in [2.05, 4.69) is 10.0 Å². The minimum Gasteiger partial charge on any atom is -0.349 e. The molecule has 2 aromatic rings. The van der Waals surface area contributed by atoms with E-state index < -0.39 is 27.8 Å². The summed E-state index contributed by atoms with van der Waals surface area (Å²) in [7, 11) is -3.62. The summed E-state index contributed by atoms with van der Waals surface area (Å²) in [4.78, 5) is 13.0. The largest absolute Gasteiger partial charge is 0.349 e. The van der Waals surface area contributed by atoms with E-state index in [9.17, 15) is 13.2 Å². The van der Waals surface area contributed by atoms with Crippen LogP contribution in [-0.2, 0) is 36.5 Å². The van der Waals surface area contributed by atoms with Crippen molar-refractivity contribution in [3.8, 4) is 0 Å². The first-order chi connectivity index (χ1) is 14.6. The number of hydrogen-bond donors (Lipinski definition) is 2. The average Bonchev–Trinajstić information content (AvgIpc) is 3.07. The van der Waals surface area contributed by atoms with Gasteiger partial charge in [0.1, 0.15) is 6.04 Å². The molecular weight excluding hydrogens is 463 g/mol. The summed E-state index contributed by atoms with van der Waals surface area (Å²) in [5, 5.41) is 3.56. The van der Waals surface area contributed by atoms with Crippen molar-refractivity contribution in [3.63, 3.8) is 0 Å². The van der Waals surface area contributed by atoms with Crippen LogP contribution in [0.4, 0.5) is 0 Å². The molecule has 1 fully saturated rings. The first kappa shape index (κ1) is 24.0. The molecule has 1 aliphatic rings. The highest BCUT2D eigenvalue weighted by molar-refractivity contribution is 7.88. The minimum absolute atomic E-state index is 0.0613. The van der Waals surface area contributed by atoms with Crippen LogP contribution in [0.2, 0.25) is 10.0 Å². The maximum absolute atomic E-state index is 13.0. The SMILES string of the molecule is CC1COC(CNC(=O)C(Cc2ccccc2)NS(C)(=O)=O)(c2ccc(Cl)cc2Cl)O1. The number of rotatable bonds is 8. The maximum Gasteiger partial charge on any atom is 0.238 e. The Morgan fingerprint density at radius 2 is 1.94 bits per heavy atom. The fraction of sp³-hybridized carbons (Fsp3) is 0.381. The van der Waals surface area contributed by atoms with Crippen LogP contribution in [0.5, 0.6) is 0 Å². The summed E-state index contributed by atoms with van der Waals surface area (Å²) in [5.74, 6) is -1.82. The van der Waals surface area contributed by atoms with E-state index in [4.69, 9.17) is 32.7 Å². The van der Waals surface area contributed by atoms with Crippen LogP contribution in [0.3, 0.4) is 0 Å². The van der Waals surface area contributed by atoms with Crippen LogP contribution < -0.4 is 10.0 Å². The normalized spacial score (nSPS) is 22.3. The molecule has 1 amide bonds. The standard InChI is InChI=1S/C21H24Cl2N2O5S/c1-14-12-29-21(30-14,17-9-8-16(22)11-18(17)23)13-24-20(26)19(25-31(2,27)28)10-15-6-4-3-5-7-15/h3-9,11,14,19,25H,10,12-13H2,1-2H3,(H,24,26). The van der Waals surface area contributed by atoms with Gasteiger partial charge in [-0.15, -0.1) is 0 Å². The molecule has 31 heavy (non-hydrogen) atoms. The molecule has 0 spiro atoms. The quantitative estimate of drug-likeness (QED) is 0.598. The molecule has 1 heterocycles. The van der Waals surface area contributed by atoms with E-state index in [0.29, 0.717) is 22.2 Å². The average molecular weight is 487 g/mol. The molecule has 0 saturated carbocycles. The predicted octanol–water partition coefficient (Wildman–Crippen LogP) is 2.86. The van der Waals surface area contributed by atoms with Gasteiger partial charge in [-0.1, -0.05) is 59.6 Å². The number of halogens is 2. The van der Waals surface area contributed by atoms with Crippen molar-refractivity contribution in [2.24, 2.45) is 0 Å². The third-order valence-corrected chi connectivity index (χ3v) is 6.00. The Morgan fingerprint density at radius 1 is 1.23 bits per heavy atom. The smallest absolute Gasteiger partial charge is 0.238 e. The number of nitrogens with one attached hydrogen (secondary N) is 2. The molecule has 10 heteroatoms. The number of carbonyl (C=O) groups is 1. The molecule has 2 N–H and O–H groups in total. The number of carbonyl (C=O) groups excluding carboxylic acids is 1. The molecular formula is C21H24Cl2N2O5S. The summed E-state index contributed by atoms with van der Waals surface area (Å²) in [6.07, 6.45) is 0.975. The summed E-state index contributed by atoms with van der Waals surface area (Å²) in [5.41, 5.74) is 1.34. The third kappa shape index (κ3) is 6.41. The molecule has 3 atom stereocenters. The predicted molar refractivity (Wildman–Crippen MR) is 120 cm³/mol. The second-order valence-corrected chi connectivity index (χ2v) is 10.1. The van der Waals surface area contributed by atoms with Crippen LogP contribution in [0.15, 0.2) is 48.5 Å². The van der Waals surface area contributed by atoms with E-state index in [1.54, 1.807) is 18.2 Å². The Labute approximate surface area is 192 Å². The second-order valence-electron chi connectivity index (χ2n) is 7.47. The van der Waals surface area contributed by atoms with Crippen LogP contribution in [0.1, 0.15) is 18.1 Å². The lowest BCUT2D eigenvalue weighted by Crippen LogP contribution is -2.51. The van der Waals surface area contributed by atoms with Crippen molar-refractivity contribution in [3.05, 3.63) is 69.7 Å². The van der Waals surface area contributed by atoms with E-state index in [-0.39, 0.29) is 19.1 Å². The summed E-state index contributed by atoms with van der Waals surface area (Å²) < 4.78 is 38.0. The van der Waals surface area contributed by atoms with Crippen molar-refractivity contribution in [1.29, 1.82) is 0 Å². The number of sulfonamides is 1. The van der Waals surface area contributed by atoms with Gasteiger partial charge in [0.25, 0.3) is 0 Å². The van der Waals surface area contributed by atoms with Gasteiger partial charge in [0.05, 0.1) is 30.5 Å². The molecule has 0 aliphatic carbocycles. The van der Waals surface area contributed by atoms with Gasteiger partial charge in [0, 0.05) is 10.6 Å². The Morgan fingerprint density at radius 3 is 2.52 bits per heavy atom. The first-order valence-electron chi connectivity index (χ1n) is 9.64. The molecule has 3 unspecified atom stereocenters. The highest BCUT2D eigenvalue weighted by Crippen LogP contribution is 2.38. The fourth-order valence-electron chi connectivity index (χ4n) is 3.40. The molecule has 1 saturated heterocycles. The van der Waals surface area contributed by atoms with Crippen LogP contribution >= 0.6 is 23.2 Å². The topological polar surface area (TPSA) is 93.7 Å². The lowest BCUT2D eigenvalue weighted by molar-refractivity contribution is -0.173. The van der Waals surface area contributed by atoms with Gasteiger partial charge in [-0.05, 0) is 31.0 Å². The van der Waals surface area contributed by atoms with E-state index >= 15 is 0 Å². The van der Waals surface area contributed by atoms with Crippen molar-refractivity contribution in [2.75, 3.05) is 19.4 Å². The van der Waals surface area contributed by atoms with Gasteiger partial charge in [0.2, 0.25) is 21.7 Å². The minimum atomic E-state index is -3.62. The lowest BCUT2D eigenvalue weighted by Gasteiger charge is -2.30. The summed E-state index contributed by atoms with van der Waals surface area (Å²) in [6.45, 7) is 2.09. The number of amides is 1. The lowest BCUT2D eigenvalue weighted by atomic mass is 10.0. The van der Waals surface area contributed by atoms with E-state index in [1.165, 1.54) is 0 Å². The van der Waals surface area contributed by atoms with Gasteiger partial charge >= 0.3 is 0 Å². The van der Waals surface area contributed by atoms with Gasteiger partial charge in [-0.2, -0.15) is 0 Å². The first-order valence-corrected chi connectivity index (χ1v) is 12.3. The fourth-order valence-corrected chi connectivity index (χ4v) is 4.65.